The van der Waals surface area contributed by atoms with E-state index in [0.29, 0.717) is 11.4 Å². The number of nitrogens with zero attached hydrogens (tertiary/aromatic N) is 1. The maximum atomic E-state index is 11.8. The number of ether oxygens (including phenoxy) is 1. The highest BCUT2D eigenvalue weighted by Gasteiger charge is 2.10. The van der Waals surface area contributed by atoms with Crippen molar-refractivity contribution < 1.29 is 13.2 Å². The maximum absolute atomic E-state index is 11.8. The summed E-state index contributed by atoms with van der Waals surface area (Å²) >= 11 is 0. The molecule has 0 fully saturated rings. The lowest BCUT2D eigenvalue weighted by atomic mass is 10.3. The zero-order valence-corrected chi connectivity index (χ0v) is 11.7. The first kappa shape index (κ1) is 14.5. The van der Waals surface area contributed by atoms with Crippen molar-refractivity contribution in [2.75, 3.05) is 12.4 Å². The molecule has 1 N–H and O–H groups in total. The minimum absolute atomic E-state index is 0.0886. The third-order valence-electron chi connectivity index (χ3n) is 2.56. The molecular formula is C14H16N2O3S. The number of aromatic nitrogens is 1. The molecule has 5 nitrogen and oxygen atoms in total. The monoisotopic (exact) mass is 292 g/mol. The van der Waals surface area contributed by atoms with Crippen molar-refractivity contribution in [2.24, 2.45) is 0 Å². The Morgan fingerprint density at radius 1 is 1.05 bits per heavy atom. The molecule has 0 unspecified atom stereocenters. The molecule has 1 aromatic carbocycles. The van der Waals surface area contributed by atoms with Gasteiger partial charge in [0.1, 0.15) is 12.4 Å². The largest absolute Gasteiger partial charge is 0.492 e. The number of nitrogens with one attached hydrogen (secondary N) is 1. The van der Waals surface area contributed by atoms with E-state index >= 15 is 0 Å². The van der Waals surface area contributed by atoms with Crippen LogP contribution in [0.2, 0.25) is 0 Å². The smallest absolute Gasteiger partial charge is 0.215 e. The van der Waals surface area contributed by atoms with Crippen LogP contribution in [0.25, 0.3) is 0 Å². The van der Waals surface area contributed by atoms with Gasteiger partial charge in [0.25, 0.3) is 0 Å². The van der Waals surface area contributed by atoms with Gasteiger partial charge in [0.05, 0.1) is 18.0 Å². The van der Waals surface area contributed by atoms with Crippen LogP contribution in [-0.4, -0.2) is 25.8 Å². The van der Waals surface area contributed by atoms with Gasteiger partial charge in [-0.2, -0.15) is 0 Å². The number of hydrogen-bond donors (Lipinski definition) is 1. The van der Waals surface area contributed by atoms with E-state index in [1.165, 1.54) is 0 Å². The summed E-state index contributed by atoms with van der Waals surface area (Å²) < 4.78 is 31.4. The minimum Gasteiger partial charge on any atom is -0.492 e. The molecule has 0 radical (unpaired) electrons. The van der Waals surface area contributed by atoms with Crippen LogP contribution in [0.3, 0.4) is 0 Å². The van der Waals surface area contributed by atoms with Crippen LogP contribution in [-0.2, 0) is 16.6 Å². The van der Waals surface area contributed by atoms with Gasteiger partial charge < -0.3 is 4.74 Å². The zero-order valence-electron chi connectivity index (χ0n) is 10.9. The molecule has 2 rings (SSSR count). The van der Waals surface area contributed by atoms with Crippen LogP contribution in [0.5, 0.6) is 5.75 Å². The lowest BCUT2D eigenvalue weighted by Gasteiger charge is -2.08. The van der Waals surface area contributed by atoms with Crippen LogP contribution in [0.4, 0.5) is 0 Å². The highest BCUT2D eigenvalue weighted by molar-refractivity contribution is 7.89. The van der Waals surface area contributed by atoms with E-state index in [9.17, 15) is 8.42 Å². The normalized spacial score (nSPS) is 11.2. The summed E-state index contributed by atoms with van der Waals surface area (Å²) in [6.07, 6.45) is 1.63. The molecule has 2 aromatic rings. The summed E-state index contributed by atoms with van der Waals surface area (Å²) in [6.45, 7) is 0.302. The van der Waals surface area contributed by atoms with E-state index in [4.69, 9.17) is 4.74 Å². The lowest BCUT2D eigenvalue weighted by molar-refractivity contribution is 0.340. The van der Waals surface area contributed by atoms with Gasteiger partial charge in [0.2, 0.25) is 10.0 Å². The quantitative estimate of drug-likeness (QED) is 0.841. The molecule has 0 saturated carbocycles. The first-order chi connectivity index (χ1) is 9.66. The number of benzene rings is 1. The Morgan fingerprint density at radius 3 is 2.50 bits per heavy atom. The fourth-order valence-electron chi connectivity index (χ4n) is 1.54. The Hall–Kier alpha value is -1.92. The molecule has 6 heteroatoms. The number of rotatable bonds is 7. The van der Waals surface area contributed by atoms with Gasteiger partial charge in [-0.15, -0.1) is 0 Å². The summed E-state index contributed by atoms with van der Waals surface area (Å²) in [5.74, 6) is 0.571. The molecule has 0 spiro atoms. The zero-order chi connectivity index (χ0) is 14.3. The van der Waals surface area contributed by atoms with Crippen LogP contribution < -0.4 is 9.46 Å². The molecule has 0 aliphatic carbocycles. The van der Waals surface area contributed by atoms with Crippen molar-refractivity contribution in [1.29, 1.82) is 0 Å². The van der Waals surface area contributed by atoms with Crippen molar-refractivity contribution in [3.8, 4) is 5.75 Å². The van der Waals surface area contributed by atoms with E-state index in [2.05, 4.69) is 9.71 Å². The molecule has 0 bridgehead atoms. The highest BCUT2D eigenvalue weighted by atomic mass is 32.2. The van der Waals surface area contributed by atoms with Crippen LogP contribution >= 0.6 is 0 Å². The van der Waals surface area contributed by atoms with Gasteiger partial charge in [0.15, 0.2) is 0 Å². The van der Waals surface area contributed by atoms with Gasteiger partial charge in [-0.3, -0.25) is 4.98 Å². The van der Waals surface area contributed by atoms with Crippen molar-refractivity contribution in [3.05, 3.63) is 60.4 Å². The second kappa shape index (κ2) is 7.02. The average molecular weight is 292 g/mol. The molecule has 0 saturated heterocycles. The first-order valence-corrected chi connectivity index (χ1v) is 7.86. The predicted molar refractivity (Wildman–Crippen MR) is 76.8 cm³/mol. The standard InChI is InChI=1S/C14H16N2O3S/c17-20(18,16-12-13-6-4-5-9-15-13)11-10-19-14-7-2-1-3-8-14/h1-9,16H,10-12H2. The Morgan fingerprint density at radius 2 is 1.80 bits per heavy atom. The molecule has 1 heterocycles. The minimum atomic E-state index is -3.36. The Labute approximate surface area is 118 Å². The maximum Gasteiger partial charge on any atom is 0.215 e. The fourth-order valence-corrected chi connectivity index (χ4v) is 2.36. The Balaban J connectivity index is 1.77. The predicted octanol–water partition coefficient (Wildman–Crippen LogP) is 1.58. The summed E-state index contributed by atoms with van der Waals surface area (Å²) in [5, 5.41) is 0. The van der Waals surface area contributed by atoms with Crippen molar-refractivity contribution >= 4 is 10.0 Å². The molecular weight excluding hydrogens is 276 g/mol. The van der Waals surface area contributed by atoms with E-state index < -0.39 is 10.0 Å². The van der Waals surface area contributed by atoms with Crippen molar-refractivity contribution in [1.82, 2.24) is 9.71 Å². The highest BCUT2D eigenvalue weighted by Crippen LogP contribution is 2.08. The van der Waals surface area contributed by atoms with Gasteiger partial charge in [-0.1, -0.05) is 24.3 Å². The summed E-state index contributed by atoms with van der Waals surface area (Å²) in [4.78, 5) is 4.05. The Kier molecular flexibility index (Phi) is 5.09. The van der Waals surface area contributed by atoms with E-state index in [1.54, 1.807) is 30.5 Å². The second-order valence-electron chi connectivity index (χ2n) is 4.12. The number of sulfonamides is 1. The molecule has 20 heavy (non-hydrogen) atoms. The van der Waals surface area contributed by atoms with E-state index in [-0.39, 0.29) is 18.9 Å². The molecule has 0 aliphatic heterocycles. The number of pyridine rings is 1. The summed E-state index contributed by atoms with van der Waals surface area (Å²) in [6, 6.07) is 14.5. The summed E-state index contributed by atoms with van der Waals surface area (Å²) in [5.41, 5.74) is 0.681. The third-order valence-corrected chi connectivity index (χ3v) is 3.85. The molecule has 0 amide bonds. The number of hydrogen-bond acceptors (Lipinski definition) is 4. The fraction of sp³-hybridized carbons (Fsp3) is 0.214. The lowest BCUT2D eigenvalue weighted by Crippen LogP contribution is -2.28. The van der Waals surface area contributed by atoms with Crippen molar-refractivity contribution in [3.63, 3.8) is 0 Å². The van der Waals surface area contributed by atoms with Crippen LogP contribution in [0, 0.1) is 0 Å². The summed E-state index contributed by atoms with van der Waals surface area (Å²) in [7, 11) is -3.36. The molecule has 0 atom stereocenters. The van der Waals surface area contributed by atoms with Crippen LogP contribution in [0.15, 0.2) is 54.7 Å². The van der Waals surface area contributed by atoms with Crippen molar-refractivity contribution in [2.45, 2.75) is 6.54 Å². The average Bonchev–Trinajstić information content (AvgIpc) is 2.47. The van der Waals surface area contributed by atoms with Gasteiger partial charge in [-0.25, -0.2) is 13.1 Å². The van der Waals surface area contributed by atoms with E-state index in [1.807, 2.05) is 24.3 Å². The molecule has 1 aromatic heterocycles. The van der Waals surface area contributed by atoms with Crippen LogP contribution in [0.1, 0.15) is 5.69 Å². The van der Waals surface area contributed by atoms with E-state index in [0.717, 1.165) is 0 Å². The van der Waals surface area contributed by atoms with Gasteiger partial charge in [-0.05, 0) is 24.3 Å². The topological polar surface area (TPSA) is 68.3 Å². The first-order valence-electron chi connectivity index (χ1n) is 6.21. The Bertz CT molecular complexity index is 615. The SMILES string of the molecule is O=S(=O)(CCOc1ccccc1)NCc1ccccn1. The van der Waals surface area contributed by atoms with Gasteiger partial charge >= 0.3 is 0 Å². The molecule has 0 aliphatic rings. The second-order valence-corrected chi connectivity index (χ2v) is 6.05. The molecule has 106 valence electrons. The number of para-hydroxylation sites is 1. The third kappa shape index (κ3) is 4.99. The van der Waals surface area contributed by atoms with Gasteiger partial charge in [0, 0.05) is 6.20 Å².